The van der Waals surface area contributed by atoms with Gasteiger partial charge in [-0.2, -0.15) is 0 Å². The van der Waals surface area contributed by atoms with Crippen LogP contribution < -0.4 is 5.32 Å². The Kier molecular flexibility index (Phi) is 5.46. The van der Waals surface area contributed by atoms with E-state index in [-0.39, 0.29) is 0 Å². The molecule has 0 aromatic rings. The van der Waals surface area contributed by atoms with Gasteiger partial charge in [0.25, 0.3) is 0 Å². The first kappa shape index (κ1) is 14.3. The van der Waals surface area contributed by atoms with E-state index in [1.54, 1.807) is 0 Å². The van der Waals surface area contributed by atoms with Crippen molar-refractivity contribution < 1.29 is 4.74 Å². The predicted molar refractivity (Wildman–Crippen MR) is 75.9 cm³/mol. The number of hydrogen-bond donors (Lipinski definition) is 1. The van der Waals surface area contributed by atoms with Crippen molar-refractivity contribution in [1.82, 2.24) is 10.2 Å². The molecule has 1 N–H and O–H groups in total. The summed E-state index contributed by atoms with van der Waals surface area (Å²) in [4.78, 5) is 2.46. The van der Waals surface area contributed by atoms with Crippen LogP contribution in [0, 0.1) is 5.92 Å². The summed E-state index contributed by atoms with van der Waals surface area (Å²) in [5, 5.41) is 3.75. The van der Waals surface area contributed by atoms with Gasteiger partial charge < -0.3 is 15.0 Å². The maximum atomic E-state index is 5.42. The second kappa shape index (κ2) is 6.88. The fourth-order valence-electron chi connectivity index (χ4n) is 3.45. The Labute approximate surface area is 112 Å². The average Bonchev–Trinajstić information content (AvgIpc) is 2.41. The van der Waals surface area contributed by atoms with Crippen molar-refractivity contribution in [2.75, 3.05) is 40.4 Å². The highest BCUT2D eigenvalue weighted by molar-refractivity contribution is 4.92. The molecule has 2 aliphatic rings. The number of likely N-dealkylation sites (N-methyl/N-ethyl adjacent to an activating group) is 1. The molecule has 18 heavy (non-hydrogen) atoms. The lowest BCUT2D eigenvalue weighted by molar-refractivity contribution is 0.0611. The van der Waals surface area contributed by atoms with Gasteiger partial charge in [0.15, 0.2) is 0 Å². The van der Waals surface area contributed by atoms with E-state index in [4.69, 9.17) is 4.74 Å². The van der Waals surface area contributed by atoms with E-state index in [0.717, 1.165) is 25.7 Å². The van der Waals surface area contributed by atoms with E-state index in [2.05, 4.69) is 24.3 Å². The molecule has 2 fully saturated rings. The average molecular weight is 254 g/mol. The fourth-order valence-corrected chi connectivity index (χ4v) is 3.45. The van der Waals surface area contributed by atoms with Crippen molar-refractivity contribution in [3.63, 3.8) is 0 Å². The molecular formula is C15H30N2O. The van der Waals surface area contributed by atoms with Crippen LogP contribution in [-0.2, 0) is 4.74 Å². The minimum atomic E-state index is 0.420. The third-order valence-corrected chi connectivity index (χ3v) is 4.96. The first-order chi connectivity index (χ1) is 8.73. The molecule has 0 bridgehead atoms. The van der Waals surface area contributed by atoms with E-state index in [1.165, 1.54) is 51.5 Å². The van der Waals surface area contributed by atoms with Crippen LogP contribution in [0.4, 0.5) is 0 Å². The number of nitrogens with one attached hydrogen (secondary N) is 1. The molecular weight excluding hydrogens is 224 g/mol. The topological polar surface area (TPSA) is 24.5 Å². The van der Waals surface area contributed by atoms with Gasteiger partial charge in [-0.1, -0.05) is 19.3 Å². The molecule has 3 heteroatoms. The van der Waals surface area contributed by atoms with E-state index in [0.29, 0.717) is 5.54 Å². The quantitative estimate of drug-likeness (QED) is 0.814. The highest BCUT2D eigenvalue weighted by Crippen LogP contribution is 2.31. The van der Waals surface area contributed by atoms with Crippen LogP contribution in [0.3, 0.4) is 0 Å². The molecule has 0 aromatic heterocycles. The van der Waals surface area contributed by atoms with Gasteiger partial charge in [-0.25, -0.2) is 0 Å². The SMILES string of the molecule is CN(C)C1(CNCC2CCOCC2)CCCCC1. The van der Waals surface area contributed by atoms with Gasteiger partial charge in [0.1, 0.15) is 0 Å². The van der Waals surface area contributed by atoms with Crippen molar-refractivity contribution in [3.8, 4) is 0 Å². The van der Waals surface area contributed by atoms with Gasteiger partial charge in [-0.15, -0.1) is 0 Å². The minimum absolute atomic E-state index is 0.420. The number of nitrogens with zero attached hydrogens (tertiary/aromatic N) is 1. The maximum absolute atomic E-state index is 5.42. The Bertz CT molecular complexity index is 231. The van der Waals surface area contributed by atoms with Gasteiger partial charge in [0.05, 0.1) is 0 Å². The van der Waals surface area contributed by atoms with Crippen LogP contribution in [0.15, 0.2) is 0 Å². The second-order valence-electron chi connectivity index (χ2n) is 6.37. The van der Waals surface area contributed by atoms with Crippen molar-refractivity contribution in [3.05, 3.63) is 0 Å². The van der Waals surface area contributed by atoms with Crippen molar-refractivity contribution >= 4 is 0 Å². The molecule has 1 aliphatic carbocycles. The van der Waals surface area contributed by atoms with Gasteiger partial charge in [-0.05, 0) is 52.2 Å². The Balaban J connectivity index is 1.75. The molecule has 106 valence electrons. The monoisotopic (exact) mass is 254 g/mol. The Morgan fingerprint density at radius 1 is 1.11 bits per heavy atom. The molecule has 1 aliphatic heterocycles. The molecule has 1 saturated heterocycles. The first-order valence-electron chi connectivity index (χ1n) is 7.69. The van der Waals surface area contributed by atoms with Crippen molar-refractivity contribution in [2.24, 2.45) is 5.92 Å². The molecule has 3 nitrogen and oxygen atoms in total. The molecule has 0 spiro atoms. The Morgan fingerprint density at radius 3 is 2.39 bits per heavy atom. The third kappa shape index (κ3) is 3.69. The maximum Gasteiger partial charge on any atom is 0.0469 e. The number of rotatable bonds is 5. The molecule has 1 saturated carbocycles. The highest BCUT2D eigenvalue weighted by Gasteiger charge is 2.33. The van der Waals surface area contributed by atoms with Crippen LogP contribution in [-0.4, -0.2) is 50.8 Å². The summed E-state index contributed by atoms with van der Waals surface area (Å²) in [6.07, 6.45) is 9.43. The smallest absolute Gasteiger partial charge is 0.0469 e. The Morgan fingerprint density at radius 2 is 1.78 bits per heavy atom. The van der Waals surface area contributed by atoms with Gasteiger partial charge in [0.2, 0.25) is 0 Å². The summed E-state index contributed by atoms with van der Waals surface area (Å²) in [5.41, 5.74) is 0.420. The standard InChI is InChI=1S/C15H30N2O/c1-17(2)15(8-4-3-5-9-15)13-16-12-14-6-10-18-11-7-14/h14,16H,3-13H2,1-2H3. The molecule has 1 heterocycles. The Hall–Kier alpha value is -0.120. The summed E-state index contributed by atoms with van der Waals surface area (Å²) in [6, 6.07) is 0. The molecule has 0 atom stereocenters. The predicted octanol–water partition coefficient (Wildman–Crippen LogP) is 2.27. The van der Waals surface area contributed by atoms with Crippen LogP contribution >= 0.6 is 0 Å². The molecule has 0 radical (unpaired) electrons. The molecule has 2 rings (SSSR count). The summed E-state index contributed by atoms with van der Waals surface area (Å²) in [7, 11) is 4.50. The van der Waals surface area contributed by atoms with Crippen molar-refractivity contribution in [2.45, 2.75) is 50.5 Å². The molecule has 0 unspecified atom stereocenters. The summed E-state index contributed by atoms with van der Waals surface area (Å²) in [5.74, 6) is 0.835. The lowest BCUT2D eigenvalue weighted by Crippen LogP contribution is -2.53. The lowest BCUT2D eigenvalue weighted by atomic mass is 9.80. The number of ether oxygens (including phenoxy) is 1. The second-order valence-corrected chi connectivity index (χ2v) is 6.37. The zero-order valence-corrected chi connectivity index (χ0v) is 12.2. The normalized spacial score (nSPS) is 25.5. The fraction of sp³-hybridized carbons (Fsp3) is 1.00. The van der Waals surface area contributed by atoms with Crippen LogP contribution in [0.1, 0.15) is 44.9 Å². The van der Waals surface area contributed by atoms with E-state index in [9.17, 15) is 0 Å². The van der Waals surface area contributed by atoms with Gasteiger partial charge in [-0.3, -0.25) is 0 Å². The highest BCUT2D eigenvalue weighted by atomic mass is 16.5. The van der Waals surface area contributed by atoms with Gasteiger partial charge >= 0.3 is 0 Å². The van der Waals surface area contributed by atoms with Crippen molar-refractivity contribution in [1.29, 1.82) is 0 Å². The summed E-state index contributed by atoms with van der Waals surface area (Å²) in [6.45, 7) is 4.27. The van der Waals surface area contributed by atoms with Crippen LogP contribution in [0.2, 0.25) is 0 Å². The van der Waals surface area contributed by atoms with E-state index < -0.39 is 0 Å². The van der Waals surface area contributed by atoms with Crippen LogP contribution in [0.5, 0.6) is 0 Å². The third-order valence-electron chi connectivity index (χ3n) is 4.96. The first-order valence-corrected chi connectivity index (χ1v) is 7.69. The minimum Gasteiger partial charge on any atom is -0.381 e. The summed E-state index contributed by atoms with van der Waals surface area (Å²) < 4.78 is 5.42. The lowest BCUT2D eigenvalue weighted by Gasteiger charge is -2.43. The largest absolute Gasteiger partial charge is 0.381 e. The van der Waals surface area contributed by atoms with E-state index >= 15 is 0 Å². The van der Waals surface area contributed by atoms with Gasteiger partial charge in [0, 0.05) is 25.3 Å². The molecule has 0 aromatic carbocycles. The number of hydrogen-bond acceptors (Lipinski definition) is 3. The van der Waals surface area contributed by atoms with E-state index in [1.807, 2.05) is 0 Å². The van der Waals surface area contributed by atoms with Crippen LogP contribution in [0.25, 0.3) is 0 Å². The molecule has 0 amide bonds. The zero-order valence-electron chi connectivity index (χ0n) is 12.2. The zero-order chi connectivity index (χ0) is 12.8. The summed E-state index contributed by atoms with van der Waals surface area (Å²) >= 11 is 0.